The zero-order valence-electron chi connectivity index (χ0n) is 14.5. The van der Waals surface area contributed by atoms with E-state index in [2.05, 4.69) is 62.3 Å². The molecule has 110 valence electrons. The van der Waals surface area contributed by atoms with Crippen molar-refractivity contribution in [3.8, 4) is 0 Å². The highest BCUT2D eigenvalue weighted by Gasteiger charge is 2.30. The van der Waals surface area contributed by atoms with Crippen LogP contribution in [-0.2, 0) is 0 Å². The third-order valence-corrected chi connectivity index (χ3v) is 6.40. The van der Waals surface area contributed by atoms with Gasteiger partial charge in [-0.25, -0.2) is 0 Å². The first-order valence-electron chi connectivity index (χ1n) is 8.27. The lowest BCUT2D eigenvalue weighted by Gasteiger charge is -2.37. The van der Waals surface area contributed by atoms with Crippen molar-refractivity contribution in [3.63, 3.8) is 0 Å². The summed E-state index contributed by atoms with van der Waals surface area (Å²) in [6, 6.07) is 0. The van der Waals surface area contributed by atoms with Crippen LogP contribution in [0.5, 0.6) is 0 Å². The minimum Gasteiger partial charge on any atom is -0.0651 e. The Kier molecular flexibility index (Phi) is 8.23. The molecule has 0 aliphatic heterocycles. The normalized spacial score (nSPS) is 23.8. The van der Waals surface area contributed by atoms with Gasteiger partial charge in [0.2, 0.25) is 0 Å². The molecule has 0 aromatic rings. The Morgan fingerprint density at radius 3 is 0.889 bits per heavy atom. The first-order chi connectivity index (χ1) is 8.27. The van der Waals surface area contributed by atoms with Crippen molar-refractivity contribution in [1.82, 2.24) is 0 Å². The molecule has 0 N–H and O–H groups in total. The van der Waals surface area contributed by atoms with E-state index in [1.54, 1.807) is 0 Å². The van der Waals surface area contributed by atoms with Gasteiger partial charge in [-0.2, -0.15) is 0 Å². The van der Waals surface area contributed by atoms with Gasteiger partial charge in [0, 0.05) is 0 Å². The number of hydrogen-bond donors (Lipinski definition) is 0. The smallest absolute Gasteiger partial charge is 0.0386 e. The fraction of sp³-hybridized carbons (Fsp3) is 1.00. The van der Waals surface area contributed by atoms with E-state index < -0.39 is 0 Å². The van der Waals surface area contributed by atoms with Crippen LogP contribution in [0.4, 0.5) is 0 Å². The summed E-state index contributed by atoms with van der Waals surface area (Å²) in [4.78, 5) is 0. The molecule has 6 unspecified atom stereocenters. The van der Waals surface area contributed by atoms with Gasteiger partial charge < -0.3 is 0 Å². The molecule has 18 heavy (non-hydrogen) atoms. The standard InChI is InChI=1S/C18H38/c1-10-12(3)14(5)16(7)18(9)17(8)15(6)13(4)11-2/h12-18H,10-11H2,1-9H3. The van der Waals surface area contributed by atoms with Gasteiger partial charge in [-0.3, -0.25) is 0 Å². The largest absolute Gasteiger partial charge is 0.0651 e. The third-order valence-electron chi connectivity index (χ3n) is 6.40. The maximum Gasteiger partial charge on any atom is -0.0386 e. The maximum absolute atomic E-state index is 2.48. The van der Waals surface area contributed by atoms with Crippen LogP contribution in [0, 0.1) is 41.4 Å². The fourth-order valence-corrected chi connectivity index (χ4v) is 3.22. The Hall–Kier alpha value is 0. The topological polar surface area (TPSA) is 0 Å². The van der Waals surface area contributed by atoms with Crippen molar-refractivity contribution in [2.24, 2.45) is 41.4 Å². The van der Waals surface area contributed by atoms with Crippen LogP contribution in [0.1, 0.15) is 75.2 Å². The molecular formula is C18H38. The summed E-state index contributed by atoms with van der Waals surface area (Å²) in [5.74, 6) is 5.90. The van der Waals surface area contributed by atoms with Crippen molar-refractivity contribution in [1.29, 1.82) is 0 Å². The lowest BCUT2D eigenvalue weighted by molar-refractivity contribution is 0.116. The summed E-state index contributed by atoms with van der Waals surface area (Å²) in [5.41, 5.74) is 0. The van der Waals surface area contributed by atoms with Crippen LogP contribution < -0.4 is 0 Å². The molecule has 0 saturated heterocycles. The lowest BCUT2D eigenvalue weighted by atomic mass is 9.68. The Bertz CT molecular complexity index is 186. The van der Waals surface area contributed by atoms with Crippen molar-refractivity contribution in [3.05, 3.63) is 0 Å². The monoisotopic (exact) mass is 254 g/mol. The maximum atomic E-state index is 2.48. The molecule has 0 amide bonds. The first kappa shape index (κ1) is 18.0. The Morgan fingerprint density at radius 2 is 0.667 bits per heavy atom. The van der Waals surface area contributed by atoms with Gasteiger partial charge in [-0.05, 0) is 41.4 Å². The van der Waals surface area contributed by atoms with Crippen LogP contribution in [-0.4, -0.2) is 0 Å². The van der Waals surface area contributed by atoms with Gasteiger partial charge in [0.15, 0.2) is 0 Å². The zero-order valence-corrected chi connectivity index (χ0v) is 14.5. The van der Waals surface area contributed by atoms with Crippen molar-refractivity contribution < 1.29 is 0 Å². The molecule has 0 aliphatic rings. The average Bonchev–Trinajstić information content (AvgIpc) is 2.40. The van der Waals surface area contributed by atoms with E-state index in [0.717, 1.165) is 41.4 Å². The second-order valence-electron chi connectivity index (χ2n) is 7.07. The summed E-state index contributed by atoms with van der Waals surface area (Å²) < 4.78 is 0. The van der Waals surface area contributed by atoms with Crippen molar-refractivity contribution in [2.45, 2.75) is 75.2 Å². The molecule has 0 bridgehead atoms. The van der Waals surface area contributed by atoms with Crippen LogP contribution >= 0.6 is 0 Å². The highest BCUT2D eigenvalue weighted by molar-refractivity contribution is 4.79. The van der Waals surface area contributed by atoms with Gasteiger partial charge in [0.05, 0.1) is 0 Å². The number of rotatable bonds is 8. The molecule has 0 spiro atoms. The minimum absolute atomic E-state index is 0.831. The molecule has 0 aromatic heterocycles. The molecule has 0 aliphatic carbocycles. The molecular weight excluding hydrogens is 216 g/mol. The van der Waals surface area contributed by atoms with Crippen LogP contribution in [0.15, 0.2) is 0 Å². The highest BCUT2D eigenvalue weighted by atomic mass is 14.4. The lowest BCUT2D eigenvalue weighted by Crippen LogP contribution is -2.30. The molecule has 0 heterocycles. The minimum atomic E-state index is 0.831. The molecule has 0 saturated carbocycles. The van der Waals surface area contributed by atoms with Crippen LogP contribution in [0.2, 0.25) is 0 Å². The fourth-order valence-electron chi connectivity index (χ4n) is 3.22. The third kappa shape index (κ3) is 4.59. The van der Waals surface area contributed by atoms with E-state index >= 15 is 0 Å². The van der Waals surface area contributed by atoms with Crippen LogP contribution in [0.3, 0.4) is 0 Å². The summed E-state index contributed by atoms with van der Waals surface area (Å²) in [7, 11) is 0. The van der Waals surface area contributed by atoms with Gasteiger partial charge in [0.25, 0.3) is 0 Å². The van der Waals surface area contributed by atoms with Crippen molar-refractivity contribution >= 4 is 0 Å². The SMILES string of the molecule is CCC(C)C(C)C(C)C(C)C(C)C(C)C(C)CC. The predicted molar refractivity (Wildman–Crippen MR) is 84.7 cm³/mol. The molecule has 0 fully saturated rings. The van der Waals surface area contributed by atoms with E-state index in [0.29, 0.717) is 0 Å². The molecule has 0 heteroatoms. The van der Waals surface area contributed by atoms with Gasteiger partial charge in [-0.15, -0.1) is 0 Å². The summed E-state index contributed by atoms with van der Waals surface area (Å²) >= 11 is 0. The second kappa shape index (κ2) is 8.23. The molecule has 0 rings (SSSR count). The van der Waals surface area contributed by atoms with E-state index in [4.69, 9.17) is 0 Å². The van der Waals surface area contributed by atoms with Gasteiger partial charge >= 0.3 is 0 Å². The average molecular weight is 255 g/mol. The Balaban J connectivity index is 4.57. The second-order valence-corrected chi connectivity index (χ2v) is 7.07. The molecule has 6 atom stereocenters. The van der Waals surface area contributed by atoms with E-state index in [-0.39, 0.29) is 0 Å². The predicted octanol–water partition coefficient (Wildman–Crippen LogP) is 6.26. The number of hydrogen-bond acceptors (Lipinski definition) is 0. The molecule has 0 aromatic carbocycles. The highest BCUT2D eigenvalue weighted by Crippen LogP contribution is 2.37. The van der Waals surface area contributed by atoms with Gasteiger partial charge in [0.1, 0.15) is 0 Å². The van der Waals surface area contributed by atoms with E-state index in [1.807, 2.05) is 0 Å². The Morgan fingerprint density at radius 1 is 0.444 bits per heavy atom. The van der Waals surface area contributed by atoms with Crippen LogP contribution in [0.25, 0.3) is 0 Å². The summed E-state index contributed by atoms with van der Waals surface area (Å²) in [5, 5.41) is 0. The van der Waals surface area contributed by atoms with Gasteiger partial charge in [-0.1, -0.05) is 75.2 Å². The Labute approximate surface area is 117 Å². The summed E-state index contributed by atoms with van der Waals surface area (Å²) in [6.07, 6.45) is 2.63. The van der Waals surface area contributed by atoms with E-state index in [9.17, 15) is 0 Å². The first-order valence-corrected chi connectivity index (χ1v) is 8.27. The summed E-state index contributed by atoms with van der Waals surface area (Å²) in [6.45, 7) is 21.8. The zero-order chi connectivity index (χ0) is 14.5. The van der Waals surface area contributed by atoms with E-state index in [1.165, 1.54) is 12.8 Å². The molecule has 0 radical (unpaired) electrons. The quantitative estimate of drug-likeness (QED) is 0.479. The molecule has 0 nitrogen and oxygen atoms in total. The van der Waals surface area contributed by atoms with Crippen molar-refractivity contribution in [2.75, 3.05) is 0 Å².